The number of carboxylic acids is 1. The van der Waals surface area contributed by atoms with Crippen molar-refractivity contribution in [2.45, 2.75) is 13.3 Å². The zero-order valence-corrected chi connectivity index (χ0v) is 7.73. The van der Waals surface area contributed by atoms with Crippen LogP contribution >= 0.6 is 0 Å². The Morgan fingerprint density at radius 2 is 1.92 bits per heavy atom. The van der Waals surface area contributed by atoms with E-state index < -0.39 is 5.97 Å². The summed E-state index contributed by atoms with van der Waals surface area (Å²) in [4.78, 5) is 9.25. The molecular formula is C11H14O2. The lowest BCUT2D eigenvalue weighted by molar-refractivity contribution is -0.131. The van der Waals surface area contributed by atoms with Gasteiger partial charge in [0.25, 0.3) is 0 Å². The lowest BCUT2D eigenvalue weighted by atomic mass is 10.2. The first-order chi connectivity index (χ1) is 6.20. The monoisotopic (exact) mass is 178 g/mol. The van der Waals surface area contributed by atoms with Crippen molar-refractivity contribution in [1.82, 2.24) is 0 Å². The molecule has 1 N–H and O–H groups in total. The fourth-order valence-corrected chi connectivity index (χ4v) is 0.714. The van der Waals surface area contributed by atoms with Crippen LogP contribution in [0.3, 0.4) is 0 Å². The number of hydrogen-bond acceptors (Lipinski definition) is 1. The second kappa shape index (κ2) is 7.10. The van der Waals surface area contributed by atoms with E-state index in [4.69, 9.17) is 5.11 Å². The Bertz CT molecular complexity index is 252. The standard InChI is InChI=1S/C8H10.C3H4O2/c1-2-8-6-4-3-5-7-8;1-2-3(4)5/h3-7H,2H2,1H3;2H,1H2,(H,4,5). The number of rotatable bonds is 2. The summed E-state index contributed by atoms with van der Waals surface area (Å²) in [5.41, 5.74) is 1.41. The highest BCUT2D eigenvalue weighted by molar-refractivity contribution is 5.78. The minimum Gasteiger partial charge on any atom is -0.478 e. The lowest BCUT2D eigenvalue weighted by Gasteiger charge is -1.89. The molecule has 1 aromatic rings. The molecule has 0 spiro atoms. The summed E-state index contributed by atoms with van der Waals surface area (Å²) in [7, 11) is 0. The molecule has 0 radical (unpaired) electrons. The number of aryl methyl sites for hydroxylation is 1. The van der Waals surface area contributed by atoms with E-state index in [1.165, 1.54) is 5.56 Å². The third-order valence-electron chi connectivity index (χ3n) is 1.43. The summed E-state index contributed by atoms with van der Waals surface area (Å²) >= 11 is 0. The molecule has 0 aliphatic heterocycles. The lowest BCUT2D eigenvalue weighted by Crippen LogP contribution is -1.82. The predicted octanol–water partition coefficient (Wildman–Crippen LogP) is 2.51. The molecular weight excluding hydrogens is 164 g/mol. The van der Waals surface area contributed by atoms with Gasteiger partial charge in [0.15, 0.2) is 0 Å². The van der Waals surface area contributed by atoms with Gasteiger partial charge in [-0.3, -0.25) is 0 Å². The molecule has 0 aliphatic carbocycles. The Morgan fingerprint density at radius 1 is 1.46 bits per heavy atom. The zero-order chi connectivity index (χ0) is 10.1. The van der Waals surface area contributed by atoms with Crippen molar-refractivity contribution in [1.29, 1.82) is 0 Å². The van der Waals surface area contributed by atoms with Crippen LogP contribution in [-0.4, -0.2) is 11.1 Å². The fourth-order valence-electron chi connectivity index (χ4n) is 0.714. The first kappa shape index (κ1) is 11.4. The molecule has 0 aliphatic rings. The Hall–Kier alpha value is -1.57. The van der Waals surface area contributed by atoms with E-state index >= 15 is 0 Å². The normalized spacial score (nSPS) is 8.08. The minimum atomic E-state index is -0.981. The molecule has 0 heterocycles. The van der Waals surface area contributed by atoms with Crippen LogP contribution < -0.4 is 0 Å². The van der Waals surface area contributed by atoms with Crippen LogP contribution in [0.15, 0.2) is 43.0 Å². The van der Waals surface area contributed by atoms with E-state index in [1.54, 1.807) is 0 Å². The topological polar surface area (TPSA) is 37.3 Å². The van der Waals surface area contributed by atoms with E-state index in [0.717, 1.165) is 12.5 Å². The largest absolute Gasteiger partial charge is 0.478 e. The second-order valence-corrected chi connectivity index (χ2v) is 2.38. The molecule has 0 bridgehead atoms. The van der Waals surface area contributed by atoms with Crippen LogP contribution in [0.5, 0.6) is 0 Å². The average Bonchev–Trinajstić information content (AvgIpc) is 2.20. The molecule has 0 saturated heterocycles. The van der Waals surface area contributed by atoms with Gasteiger partial charge in [0, 0.05) is 6.08 Å². The Balaban J connectivity index is 0.000000252. The van der Waals surface area contributed by atoms with Gasteiger partial charge in [0.2, 0.25) is 0 Å². The summed E-state index contributed by atoms with van der Waals surface area (Å²) < 4.78 is 0. The molecule has 0 aromatic heterocycles. The third-order valence-corrected chi connectivity index (χ3v) is 1.43. The van der Waals surface area contributed by atoms with Crippen molar-refractivity contribution < 1.29 is 9.90 Å². The van der Waals surface area contributed by atoms with Gasteiger partial charge in [-0.2, -0.15) is 0 Å². The second-order valence-electron chi connectivity index (χ2n) is 2.38. The molecule has 70 valence electrons. The fraction of sp³-hybridized carbons (Fsp3) is 0.182. The molecule has 0 atom stereocenters. The van der Waals surface area contributed by atoms with Crippen LogP contribution in [0.2, 0.25) is 0 Å². The summed E-state index contributed by atoms with van der Waals surface area (Å²) in [5.74, 6) is -0.981. The van der Waals surface area contributed by atoms with Crippen LogP contribution in [-0.2, 0) is 11.2 Å². The van der Waals surface area contributed by atoms with E-state index in [2.05, 4.69) is 37.8 Å². The van der Waals surface area contributed by atoms with Gasteiger partial charge in [-0.1, -0.05) is 43.8 Å². The van der Waals surface area contributed by atoms with E-state index in [1.807, 2.05) is 6.07 Å². The summed E-state index contributed by atoms with van der Waals surface area (Å²) in [6.45, 7) is 5.12. The highest BCUT2D eigenvalue weighted by Crippen LogP contribution is 1.96. The number of hydrogen-bond donors (Lipinski definition) is 1. The van der Waals surface area contributed by atoms with Gasteiger partial charge in [0.1, 0.15) is 0 Å². The average molecular weight is 178 g/mol. The predicted molar refractivity (Wildman–Crippen MR) is 53.7 cm³/mol. The number of carboxylic acid groups (broad SMARTS) is 1. The quantitative estimate of drug-likeness (QED) is 0.706. The molecule has 2 nitrogen and oxygen atoms in total. The minimum absolute atomic E-state index is 0.833. The molecule has 13 heavy (non-hydrogen) atoms. The van der Waals surface area contributed by atoms with Crippen LogP contribution in [0.4, 0.5) is 0 Å². The first-order valence-corrected chi connectivity index (χ1v) is 4.10. The van der Waals surface area contributed by atoms with E-state index in [9.17, 15) is 4.79 Å². The van der Waals surface area contributed by atoms with Gasteiger partial charge in [-0.05, 0) is 12.0 Å². The van der Waals surface area contributed by atoms with E-state index in [-0.39, 0.29) is 0 Å². The van der Waals surface area contributed by atoms with Crippen molar-refractivity contribution in [2.75, 3.05) is 0 Å². The molecule has 0 amide bonds. The van der Waals surface area contributed by atoms with Crippen LogP contribution in [0.1, 0.15) is 12.5 Å². The van der Waals surface area contributed by atoms with E-state index in [0.29, 0.717) is 0 Å². The van der Waals surface area contributed by atoms with Crippen molar-refractivity contribution in [2.24, 2.45) is 0 Å². The van der Waals surface area contributed by atoms with Gasteiger partial charge in [0.05, 0.1) is 0 Å². The molecule has 0 fully saturated rings. The molecule has 1 aromatic carbocycles. The summed E-state index contributed by atoms with van der Waals surface area (Å²) in [6.07, 6.45) is 1.97. The summed E-state index contributed by atoms with van der Waals surface area (Å²) in [6, 6.07) is 10.5. The number of benzene rings is 1. The van der Waals surface area contributed by atoms with Crippen molar-refractivity contribution in [3.63, 3.8) is 0 Å². The highest BCUT2D eigenvalue weighted by Gasteiger charge is 1.79. The molecule has 0 saturated carbocycles. The molecule has 1 rings (SSSR count). The van der Waals surface area contributed by atoms with Crippen molar-refractivity contribution in [3.05, 3.63) is 48.6 Å². The maximum absolute atomic E-state index is 9.25. The van der Waals surface area contributed by atoms with Crippen LogP contribution in [0, 0.1) is 0 Å². The Morgan fingerprint density at radius 3 is 2.15 bits per heavy atom. The van der Waals surface area contributed by atoms with Gasteiger partial charge >= 0.3 is 5.97 Å². The van der Waals surface area contributed by atoms with Crippen LogP contribution in [0.25, 0.3) is 0 Å². The highest BCUT2D eigenvalue weighted by atomic mass is 16.4. The maximum atomic E-state index is 9.25. The first-order valence-electron chi connectivity index (χ1n) is 4.10. The molecule has 2 heteroatoms. The Kier molecular flexibility index (Phi) is 6.24. The van der Waals surface area contributed by atoms with Gasteiger partial charge < -0.3 is 5.11 Å². The number of carbonyl (C=O) groups is 1. The van der Waals surface area contributed by atoms with Gasteiger partial charge in [-0.25, -0.2) is 4.79 Å². The zero-order valence-electron chi connectivity index (χ0n) is 7.73. The molecule has 0 unspecified atom stereocenters. The maximum Gasteiger partial charge on any atom is 0.327 e. The SMILES string of the molecule is C=CC(=O)O.CCc1ccccc1. The number of aliphatic carboxylic acids is 1. The summed E-state index contributed by atoms with van der Waals surface area (Å²) in [5, 5.41) is 7.60. The van der Waals surface area contributed by atoms with Gasteiger partial charge in [-0.15, -0.1) is 0 Å². The smallest absolute Gasteiger partial charge is 0.327 e. The van der Waals surface area contributed by atoms with Crippen molar-refractivity contribution >= 4 is 5.97 Å². The van der Waals surface area contributed by atoms with Crippen molar-refractivity contribution in [3.8, 4) is 0 Å². The third kappa shape index (κ3) is 6.81. The Labute approximate surface area is 78.5 Å².